The Kier molecular flexibility index (Phi) is 1.57. The summed E-state index contributed by atoms with van der Waals surface area (Å²) in [5.41, 5.74) is -1.49. The highest BCUT2D eigenvalue weighted by Crippen LogP contribution is 2.56. The molecule has 0 radical (unpaired) electrons. The summed E-state index contributed by atoms with van der Waals surface area (Å²) in [6.07, 6.45) is -9.25. The lowest BCUT2D eigenvalue weighted by molar-refractivity contribution is -0.384. The Balaban J connectivity index is 2.53. The lowest BCUT2D eigenvalue weighted by Gasteiger charge is -2.22. The van der Waals surface area contributed by atoms with Crippen molar-refractivity contribution in [2.75, 3.05) is 6.61 Å². The van der Waals surface area contributed by atoms with E-state index in [1.165, 1.54) is 0 Å². The molecule has 1 fully saturated rings. The molecule has 0 amide bonds. The van der Waals surface area contributed by atoms with Crippen molar-refractivity contribution in [1.29, 1.82) is 0 Å². The molecule has 0 aliphatic carbocycles. The van der Waals surface area contributed by atoms with Crippen LogP contribution in [0.15, 0.2) is 11.4 Å². The molecule has 0 aromatic carbocycles. The summed E-state index contributed by atoms with van der Waals surface area (Å²) in [6, 6.07) is 0. The molecule has 8 heteroatoms. The van der Waals surface area contributed by atoms with Crippen LogP contribution in [0.2, 0.25) is 0 Å². The van der Waals surface area contributed by atoms with Gasteiger partial charge in [-0.1, -0.05) is 0 Å². The van der Waals surface area contributed by atoms with E-state index in [-0.39, 0.29) is 0 Å². The van der Waals surface area contributed by atoms with Gasteiger partial charge < -0.3 is 4.74 Å². The summed E-state index contributed by atoms with van der Waals surface area (Å²) in [6.45, 7) is -1.26. The van der Waals surface area contributed by atoms with Crippen molar-refractivity contribution >= 4 is 0 Å². The minimum atomic E-state index is -4.66. The maximum atomic E-state index is 13.1. The SMILES string of the molecule is FC1=C2COC(F)(F)C2(F)OC1(F)F. The quantitative estimate of drug-likeness (QED) is 0.582. The Morgan fingerprint density at radius 2 is 1.64 bits per heavy atom. The lowest BCUT2D eigenvalue weighted by atomic mass is 10.1. The minimum absolute atomic E-state index is 1.26. The summed E-state index contributed by atoms with van der Waals surface area (Å²) in [7, 11) is 0. The third-order valence-corrected chi connectivity index (χ3v) is 1.95. The van der Waals surface area contributed by atoms with Gasteiger partial charge in [-0.05, 0) is 0 Å². The molecule has 1 atom stereocenters. The Morgan fingerprint density at radius 3 is 2.14 bits per heavy atom. The predicted octanol–water partition coefficient (Wildman–Crippen LogP) is 2.12. The first-order chi connectivity index (χ1) is 6.21. The summed E-state index contributed by atoms with van der Waals surface area (Å²) >= 11 is 0. The highest BCUT2D eigenvalue weighted by Gasteiger charge is 2.75. The molecule has 0 aromatic rings. The van der Waals surface area contributed by atoms with Crippen molar-refractivity contribution in [2.45, 2.75) is 18.1 Å². The van der Waals surface area contributed by atoms with E-state index in [2.05, 4.69) is 9.47 Å². The van der Waals surface area contributed by atoms with Gasteiger partial charge in [0.2, 0.25) is 5.83 Å². The van der Waals surface area contributed by atoms with Crippen LogP contribution in [-0.2, 0) is 9.47 Å². The number of alkyl halides is 5. The monoisotopic (exact) mass is 220 g/mol. The normalized spacial score (nSPS) is 39.0. The van der Waals surface area contributed by atoms with E-state index in [0.717, 1.165) is 0 Å². The van der Waals surface area contributed by atoms with Crippen LogP contribution in [0, 0.1) is 0 Å². The van der Waals surface area contributed by atoms with Crippen molar-refractivity contribution in [1.82, 2.24) is 0 Å². The first kappa shape index (κ1) is 9.78. The molecule has 2 nitrogen and oxygen atoms in total. The summed E-state index contributed by atoms with van der Waals surface area (Å²) in [4.78, 5) is 0. The smallest absolute Gasteiger partial charge is 0.311 e. The standard InChI is InChI=1S/C6H2F6O2/c7-3-2-1-13-6(11,12)4(2,8)14-5(3,9)10/h1H2. The highest BCUT2D eigenvalue weighted by molar-refractivity contribution is 5.31. The van der Waals surface area contributed by atoms with Crippen molar-refractivity contribution in [3.05, 3.63) is 11.4 Å². The van der Waals surface area contributed by atoms with Gasteiger partial charge in [-0.3, -0.25) is 4.74 Å². The molecule has 0 N–H and O–H groups in total. The molecule has 14 heavy (non-hydrogen) atoms. The molecular formula is C6H2F6O2. The largest absolute Gasteiger partial charge is 0.419 e. The van der Waals surface area contributed by atoms with E-state index < -0.39 is 36.1 Å². The summed E-state index contributed by atoms with van der Waals surface area (Å²) in [5, 5.41) is 0. The number of rotatable bonds is 0. The maximum absolute atomic E-state index is 13.1. The minimum Gasteiger partial charge on any atom is -0.311 e. The van der Waals surface area contributed by atoms with E-state index in [4.69, 9.17) is 0 Å². The third-order valence-electron chi connectivity index (χ3n) is 1.95. The molecular weight excluding hydrogens is 218 g/mol. The van der Waals surface area contributed by atoms with Crippen LogP contribution in [0.5, 0.6) is 0 Å². The van der Waals surface area contributed by atoms with Crippen molar-refractivity contribution in [3.8, 4) is 0 Å². The van der Waals surface area contributed by atoms with Crippen LogP contribution in [0.25, 0.3) is 0 Å². The van der Waals surface area contributed by atoms with Gasteiger partial charge in [0.05, 0.1) is 12.2 Å². The molecule has 2 aliphatic heterocycles. The zero-order valence-corrected chi connectivity index (χ0v) is 6.29. The fourth-order valence-electron chi connectivity index (χ4n) is 1.25. The Bertz CT molecular complexity index is 324. The maximum Gasteiger partial charge on any atom is 0.419 e. The zero-order valence-electron chi connectivity index (χ0n) is 6.29. The average Bonchev–Trinajstić information content (AvgIpc) is 2.31. The fourth-order valence-corrected chi connectivity index (χ4v) is 1.25. The van der Waals surface area contributed by atoms with Gasteiger partial charge in [-0.15, -0.1) is 0 Å². The van der Waals surface area contributed by atoms with E-state index in [0.29, 0.717) is 0 Å². The van der Waals surface area contributed by atoms with E-state index >= 15 is 0 Å². The fraction of sp³-hybridized carbons (Fsp3) is 0.667. The van der Waals surface area contributed by atoms with Crippen LogP contribution in [0.3, 0.4) is 0 Å². The molecule has 1 unspecified atom stereocenters. The van der Waals surface area contributed by atoms with Gasteiger partial charge in [0.1, 0.15) is 0 Å². The van der Waals surface area contributed by atoms with Crippen molar-refractivity contribution < 1.29 is 35.8 Å². The predicted molar refractivity (Wildman–Crippen MR) is 28.9 cm³/mol. The van der Waals surface area contributed by atoms with E-state index in [1.807, 2.05) is 0 Å². The van der Waals surface area contributed by atoms with Gasteiger partial charge >= 0.3 is 18.1 Å². The number of hydrogen-bond donors (Lipinski definition) is 0. The average molecular weight is 220 g/mol. The van der Waals surface area contributed by atoms with Gasteiger partial charge in [0, 0.05) is 0 Å². The molecule has 0 saturated carbocycles. The van der Waals surface area contributed by atoms with E-state index in [9.17, 15) is 26.3 Å². The Morgan fingerprint density at radius 1 is 1.07 bits per heavy atom. The van der Waals surface area contributed by atoms with Crippen LogP contribution >= 0.6 is 0 Å². The number of hydrogen-bond acceptors (Lipinski definition) is 2. The molecule has 0 bridgehead atoms. The molecule has 80 valence electrons. The molecule has 0 aromatic heterocycles. The molecule has 2 aliphatic rings. The number of halogens is 6. The Hall–Kier alpha value is -0.760. The second kappa shape index (κ2) is 2.25. The van der Waals surface area contributed by atoms with Crippen molar-refractivity contribution in [2.24, 2.45) is 0 Å². The van der Waals surface area contributed by atoms with Gasteiger partial charge in [0.25, 0.3) is 0 Å². The molecule has 1 saturated heterocycles. The van der Waals surface area contributed by atoms with Gasteiger partial charge in [-0.25, -0.2) is 4.39 Å². The first-order valence-electron chi connectivity index (χ1n) is 3.39. The zero-order chi connectivity index (χ0) is 10.8. The second-order valence-electron chi connectivity index (χ2n) is 2.81. The third kappa shape index (κ3) is 0.897. The van der Waals surface area contributed by atoms with Crippen LogP contribution < -0.4 is 0 Å². The summed E-state index contributed by atoms with van der Waals surface area (Å²) in [5.74, 6) is -6.54. The van der Waals surface area contributed by atoms with Gasteiger partial charge in [-0.2, -0.15) is 22.0 Å². The van der Waals surface area contributed by atoms with Gasteiger partial charge in [0.15, 0.2) is 0 Å². The molecule has 2 rings (SSSR count). The van der Waals surface area contributed by atoms with Crippen LogP contribution in [-0.4, -0.2) is 24.7 Å². The second-order valence-corrected chi connectivity index (χ2v) is 2.81. The Labute approximate surface area is 73.1 Å². The van der Waals surface area contributed by atoms with E-state index in [1.54, 1.807) is 0 Å². The number of fused-ring (bicyclic) bond motifs is 1. The van der Waals surface area contributed by atoms with Crippen molar-refractivity contribution in [3.63, 3.8) is 0 Å². The number of ether oxygens (including phenoxy) is 2. The highest BCUT2D eigenvalue weighted by atomic mass is 19.3. The first-order valence-corrected chi connectivity index (χ1v) is 3.39. The van der Waals surface area contributed by atoms with Crippen LogP contribution in [0.4, 0.5) is 26.3 Å². The lowest BCUT2D eigenvalue weighted by Crippen LogP contribution is -2.44. The topological polar surface area (TPSA) is 18.5 Å². The summed E-state index contributed by atoms with van der Waals surface area (Å²) < 4.78 is 82.1. The van der Waals surface area contributed by atoms with Crippen LogP contribution in [0.1, 0.15) is 0 Å². The molecule has 0 spiro atoms. The molecule has 2 heterocycles.